The zero-order valence-electron chi connectivity index (χ0n) is 21.3. The Kier molecular flexibility index (Phi) is 5.86. The zero-order chi connectivity index (χ0) is 25.8. The number of alkyl halides is 2. The fourth-order valence-electron chi connectivity index (χ4n) is 5.42. The van der Waals surface area contributed by atoms with E-state index in [0.29, 0.717) is 22.7 Å². The predicted octanol–water partition coefficient (Wildman–Crippen LogP) is 5.22. The lowest BCUT2D eigenvalue weighted by atomic mass is 9.92. The molecule has 2 saturated carbocycles. The molecule has 1 amide bonds. The standard InChI is InChI=1S/C28H32F2N6O/c1-27(30,24(29)25-34-31-17-35(25)2)20-4-3-5-21(14-20)32-26(37)23-13-18(12-22(33-23)19-6-7-19)15-36-11-10-28(16-36)8-9-28/h3-5,12-14,17,19,24H,6-11,15-16H2,1-2H3,(H,32,37). The van der Waals surface area contributed by atoms with Gasteiger partial charge in [-0.05, 0) is 86.4 Å². The Bertz CT molecular complexity index is 1330. The molecule has 0 bridgehead atoms. The Hall–Kier alpha value is -3.20. The van der Waals surface area contributed by atoms with E-state index in [0.717, 1.165) is 43.7 Å². The molecule has 194 valence electrons. The molecule has 1 spiro atoms. The number of carbonyl (C=O) groups is 1. The van der Waals surface area contributed by atoms with Crippen LogP contribution in [0.1, 0.15) is 84.3 Å². The SMILES string of the molecule is Cn1cnnc1C(F)C(C)(F)c1cccc(NC(=O)c2cc(CN3CCC4(CC4)C3)cc(C3CC3)n2)c1. The van der Waals surface area contributed by atoms with Crippen LogP contribution in [0.4, 0.5) is 14.5 Å². The summed E-state index contributed by atoms with van der Waals surface area (Å²) >= 11 is 0. The van der Waals surface area contributed by atoms with Gasteiger partial charge in [-0.1, -0.05) is 12.1 Å². The third kappa shape index (κ3) is 4.89. The summed E-state index contributed by atoms with van der Waals surface area (Å²) < 4.78 is 32.2. The molecule has 6 rings (SSSR count). The Balaban J connectivity index is 1.20. The number of halogens is 2. The van der Waals surface area contributed by atoms with E-state index in [1.807, 2.05) is 6.07 Å². The molecule has 7 nitrogen and oxygen atoms in total. The first-order valence-electron chi connectivity index (χ1n) is 13.0. The highest BCUT2D eigenvalue weighted by atomic mass is 19.2. The number of amides is 1. The topological polar surface area (TPSA) is 75.9 Å². The number of aryl methyl sites for hydroxylation is 1. The van der Waals surface area contributed by atoms with Crippen LogP contribution in [0, 0.1) is 5.41 Å². The summed E-state index contributed by atoms with van der Waals surface area (Å²) in [6.07, 6.45) is 5.43. The number of anilines is 1. The average Bonchev–Trinajstić information content (AvgIpc) is 3.78. The Morgan fingerprint density at radius 1 is 1.24 bits per heavy atom. The molecular formula is C28H32F2N6O. The minimum absolute atomic E-state index is 0.0985. The normalized spacial score (nSPS) is 21.1. The summed E-state index contributed by atoms with van der Waals surface area (Å²) in [4.78, 5) is 20.4. The number of hydrogen-bond donors (Lipinski definition) is 1. The lowest BCUT2D eigenvalue weighted by Crippen LogP contribution is -2.25. The Morgan fingerprint density at radius 3 is 2.73 bits per heavy atom. The number of pyridine rings is 1. The van der Waals surface area contributed by atoms with Gasteiger partial charge < -0.3 is 9.88 Å². The molecule has 1 aliphatic heterocycles. The van der Waals surface area contributed by atoms with Gasteiger partial charge in [-0.3, -0.25) is 9.69 Å². The van der Waals surface area contributed by atoms with E-state index < -0.39 is 11.8 Å². The molecule has 2 aromatic heterocycles. The molecule has 0 radical (unpaired) electrons. The van der Waals surface area contributed by atoms with Crippen molar-refractivity contribution in [2.45, 2.75) is 63.3 Å². The van der Waals surface area contributed by atoms with Gasteiger partial charge in [0, 0.05) is 37.4 Å². The number of aromatic nitrogens is 4. The number of hydrogen-bond acceptors (Lipinski definition) is 5. The van der Waals surface area contributed by atoms with Gasteiger partial charge in [0.15, 0.2) is 17.7 Å². The maximum atomic E-state index is 15.7. The second-order valence-corrected chi connectivity index (χ2v) is 11.3. The van der Waals surface area contributed by atoms with Crippen molar-refractivity contribution in [2.75, 3.05) is 18.4 Å². The summed E-state index contributed by atoms with van der Waals surface area (Å²) in [6, 6.07) is 10.3. The van der Waals surface area contributed by atoms with E-state index >= 15 is 8.78 Å². The molecule has 2 aliphatic carbocycles. The lowest BCUT2D eigenvalue weighted by molar-refractivity contribution is 0.0564. The molecule has 1 saturated heterocycles. The van der Waals surface area contributed by atoms with Crippen molar-refractivity contribution in [1.29, 1.82) is 0 Å². The van der Waals surface area contributed by atoms with E-state index in [1.165, 1.54) is 49.2 Å². The Labute approximate surface area is 215 Å². The van der Waals surface area contributed by atoms with E-state index in [9.17, 15) is 4.79 Å². The molecule has 3 fully saturated rings. The van der Waals surface area contributed by atoms with Crippen LogP contribution in [0.5, 0.6) is 0 Å². The summed E-state index contributed by atoms with van der Waals surface area (Å²) in [5.74, 6) is -0.0390. The molecule has 9 heteroatoms. The minimum Gasteiger partial charge on any atom is -0.321 e. The van der Waals surface area contributed by atoms with E-state index in [2.05, 4.69) is 31.5 Å². The maximum Gasteiger partial charge on any atom is 0.274 e. The summed E-state index contributed by atoms with van der Waals surface area (Å²) in [7, 11) is 1.57. The van der Waals surface area contributed by atoms with Crippen molar-refractivity contribution < 1.29 is 13.6 Å². The van der Waals surface area contributed by atoms with Gasteiger partial charge in [0.2, 0.25) is 0 Å². The number of rotatable bonds is 8. The van der Waals surface area contributed by atoms with Crippen LogP contribution in [0.3, 0.4) is 0 Å². The lowest BCUT2D eigenvalue weighted by Gasteiger charge is -2.25. The second-order valence-electron chi connectivity index (χ2n) is 11.3. The summed E-state index contributed by atoms with van der Waals surface area (Å²) in [5, 5.41) is 10.2. The number of likely N-dealkylation sites (tertiary alicyclic amines) is 1. The summed E-state index contributed by atoms with van der Waals surface area (Å²) in [5.41, 5.74) is 1.10. The molecule has 2 atom stereocenters. The molecule has 3 aliphatic rings. The zero-order valence-corrected chi connectivity index (χ0v) is 21.3. The van der Waals surface area contributed by atoms with Crippen molar-refractivity contribution in [3.8, 4) is 0 Å². The third-order valence-electron chi connectivity index (χ3n) is 8.15. The van der Waals surface area contributed by atoms with Crippen LogP contribution in [-0.2, 0) is 19.3 Å². The van der Waals surface area contributed by atoms with Crippen molar-refractivity contribution in [3.63, 3.8) is 0 Å². The van der Waals surface area contributed by atoms with E-state index in [4.69, 9.17) is 0 Å². The number of benzene rings is 1. The smallest absolute Gasteiger partial charge is 0.274 e. The quantitative estimate of drug-likeness (QED) is 0.453. The fourth-order valence-corrected chi connectivity index (χ4v) is 5.42. The number of nitrogens with zero attached hydrogens (tertiary/aromatic N) is 5. The highest BCUT2D eigenvalue weighted by Crippen LogP contribution is 2.53. The first kappa shape index (κ1) is 24.2. The second kappa shape index (κ2) is 8.97. The van der Waals surface area contributed by atoms with Crippen LogP contribution < -0.4 is 5.32 Å². The average molecular weight is 507 g/mol. The first-order valence-corrected chi connectivity index (χ1v) is 13.0. The predicted molar refractivity (Wildman–Crippen MR) is 135 cm³/mol. The van der Waals surface area contributed by atoms with E-state index in [1.54, 1.807) is 19.2 Å². The van der Waals surface area contributed by atoms with Crippen molar-refractivity contribution in [2.24, 2.45) is 12.5 Å². The van der Waals surface area contributed by atoms with Gasteiger partial charge >= 0.3 is 0 Å². The summed E-state index contributed by atoms with van der Waals surface area (Å²) in [6.45, 7) is 4.22. The molecule has 1 N–H and O–H groups in total. The van der Waals surface area contributed by atoms with Crippen LogP contribution in [-0.4, -0.2) is 43.6 Å². The van der Waals surface area contributed by atoms with Gasteiger partial charge in [0.25, 0.3) is 5.91 Å². The fraction of sp³-hybridized carbons (Fsp3) is 0.500. The minimum atomic E-state index is -2.37. The molecule has 1 aromatic carbocycles. The van der Waals surface area contributed by atoms with Crippen LogP contribution in [0.15, 0.2) is 42.7 Å². The van der Waals surface area contributed by atoms with Crippen LogP contribution in [0.2, 0.25) is 0 Å². The van der Waals surface area contributed by atoms with Crippen molar-refractivity contribution >= 4 is 11.6 Å². The highest BCUT2D eigenvalue weighted by molar-refractivity contribution is 6.03. The van der Waals surface area contributed by atoms with Crippen molar-refractivity contribution in [1.82, 2.24) is 24.6 Å². The molecule has 3 heterocycles. The molecule has 2 unspecified atom stereocenters. The van der Waals surface area contributed by atoms with E-state index in [-0.39, 0.29) is 17.3 Å². The third-order valence-corrected chi connectivity index (χ3v) is 8.15. The van der Waals surface area contributed by atoms with Crippen LogP contribution >= 0.6 is 0 Å². The largest absolute Gasteiger partial charge is 0.321 e. The van der Waals surface area contributed by atoms with Gasteiger partial charge in [-0.2, -0.15) is 0 Å². The van der Waals surface area contributed by atoms with Gasteiger partial charge in [-0.25, -0.2) is 13.8 Å². The Morgan fingerprint density at radius 2 is 2.05 bits per heavy atom. The van der Waals surface area contributed by atoms with Gasteiger partial charge in [0.05, 0.1) is 0 Å². The highest BCUT2D eigenvalue weighted by Gasteiger charge is 2.47. The van der Waals surface area contributed by atoms with Crippen molar-refractivity contribution in [3.05, 3.63) is 71.1 Å². The first-order chi connectivity index (χ1) is 17.7. The van der Waals surface area contributed by atoms with Crippen LogP contribution in [0.25, 0.3) is 0 Å². The molecule has 37 heavy (non-hydrogen) atoms. The molecular weight excluding hydrogens is 474 g/mol. The maximum absolute atomic E-state index is 15.7. The monoisotopic (exact) mass is 506 g/mol. The number of carbonyl (C=O) groups excluding carboxylic acids is 1. The molecule has 3 aromatic rings. The van der Waals surface area contributed by atoms with Gasteiger partial charge in [-0.15, -0.1) is 10.2 Å². The number of nitrogens with one attached hydrogen (secondary N) is 1. The van der Waals surface area contributed by atoms with Gasteiger partial charge in [0.1, 0.15) is 12.0 Å².